The lowest BCUT2D eigenvalue weighted by Crippen LogP contribution is -1.94. The molecule has 7 aromatic rings. The van der Waals surface area contributed by atoms with Gasteiger partial charge in [0.25, 0.3) is 0 Å². The third-order valence-corrected chi connectivity index (χ3v) is 7.94. The van der Waals surface area contributed by atoms with Crippen molar-refractivity contribution in [1.82, 2.24) is 19.4 Å². The van der Waals surface area contributed by atoms with Gasteiger partial charge in [0.05, 0.1) is 11.0 Å². The first-order valence-electron chi connectivity index (χ1n) is 12.0. The van der Waals surface area contributed by atoms with E-state index in [0.29, 0.717) is 0 Å². The number of pyridine rings is 3. The maximum atomic E-state index is 4.99. The van der Waals surface area contributed by atoms with E-state index in [-0.39, 0.29) is 0 Å². The fraction of sp³-hybridized carbons (Fsp3) is 0.0645. The molecular weight excluding hydrogens is 428 g/mol. The predicted octanol–water partition coefficient (Wildman–Crippen LogP) is 6.73. The Balaban J connectivity index is 1.43. The molecule has 0 saturated heterocycles. The molecule has 9 rings (SSSR count). The van der Waals surface area contributed by atoms with Crippen molar-refractivity contribution in [3.63, 3.8) is 0 Å². The highest BCUT2D eigenvalue weighted by molar-refractivity contribution is 6.20. The Morgan fingerprint density at radius 3 is 2.54 bits per heavy atom. The fourth-order valence-electron chi connectivity index (χ4n) is 6.49. The predicted molar refractivity (Wildman–Crippen MR) is 140 cm³/mol. The monoisotopic (exact) mass is 446 g/mol. The van der Waals surface area contributed by atoms with Crippen LogP contribution in [0.5, 0.6) is 0 Å². The highest BCUT2D eigenvalue weighted by atomic mass is 15.1. The molecule has 162 valence electrons. The summed E-state index contributed by atoms with van der Waals surface area (Å²) in [6.45, 7) is 0. The van der Waals surface area contributed by atoms with Crippen molar-refractivity contribution in [3.8, 4) is 22.3 Å². The van der Waals surface area contributed by atoms with Crippen LogP contribution < -0.4 is 0 Å². The lowest BCUT2D eigenvalue weighted by atomic mass is 9.94. The number of rotatable bonds is 0. The summed E-state index contributed by atoms with van der Waals surface area (Å²) < 4.78 is 2.24. The van der Waals surface area contributed by atoms with Gasteiger partial charge in [0.2, 0.25) is 0 Å². The van der Waals surface area contributed by atoms with Crippen molar-refractivity contribution in [2.24, 2.45) is 0 Å². The highest BCUT2D eigenvalue weighted by Crippen LogP contribution is 2.48. The minimum absolute atomic E-state index is 0.773. The molecular formula is C31H18N4. The summed E-state index contributed by atoms with van der Waals surface area (Å²) in [5, 5.41) is 3.56. The zero-order valence-corrected chi connectivity index (χ0v) is 18.8. The van der Waals surface area contributed by atoms with E-state index in [1.807, 2.05) is 24.7 Å². The van der Waals surface area contributed by atoms with Crippen molar-refractivity contribution in [2.75, 3.05) is 0 Å². The summed E-state index contributed by atoms with van der Waals surface area (Å²) in [6, 6.07) is 24.4. The van der Waals surface area contributed by atoms with Gasteiger partial charge in [0.15, 0.2) is 5.65 Å². The molecule has 4 heterocycles. The molecule has 0 saturated carbocycles. The van der Waals surface area contributed by atoms with Gasteiger partial charge in [0.1, 0.15) is 5.65 Å². The quantitative estimate of drug-likeness (QED) is 0.243. The van der Waals surface area contributed by atoms with E-state index in [2.05, 4.69) is 75.0 Å². The van der Waals surface area contributed by atoms with Crippen LogP contribution >= 0.6 is 0 Å². The summed E-state index contributed by atoms with van der Waals surface area (Å²) in [5.74, 6) is 0. The second-order valence-electron chi connectivity index (χ2n) is 9.71. The van der Waals surface area contributed by atoms with Gasteiger partial charge in [-0.1, -0.05) is 36.4 Å². The van der Waals surface area contributed by atoms with E-state index < -0.39 is 0 Å². The van der Waals surface area contributed by atoms with Gasteiger partial charge >= 0.3 is 0 Å². The molecule has 4 heteroatoms. The van der Waals surface area contributed by atoms with Crippen molar-refractivity contribution < 1.29 is 0 Å². The summed E-state index contributed by atoms with van der Waals surface area (Å²) >= 11 is 0. The average Bonchev–Trinajstić information content (AvgIpc) is 3.58. The van der Waals surface area contributed by atoms with Crippen molar-refractivity contribution in [1.29, 1.82) is 0 Å². The van der Waals surface area contributed by atoms with Gasteiger partial charge in [-0.2, -0.15) is 0 Å². The van der Waals surface area contributed by atoms with E-state index in [1.165, 1.54) is 49.9 Å². The molecule has 0 amide bonds. The number of benzene rings is 3. The summed E-state index contributed by atoms with van der Waals surface area (Å²) in [7, 11) is 0. The van der Waals surface area contributed by atoms with Crippen molar-refractivity contribution >= 4 is 38.5 Å². The lowest BCUT2D eigenvalue weighted by molar-refractivity contribution is 1.24. The van der Waals surface area contributed by atoms with E-state index in [4.69, 9.17) is 4.98 Å². The van der Waals surface area contributed by atoms with Crippen LogP contribution in [0.3, 0.4) is 0 Å². The third-order valence-electron chi connectivity index (χ3n) is 7.94. The maximum absolute atomic E-state index is 4.99. The zero-order chi connectivity index (χ0) is 22.7. The molecule has 0 aliphatic heterocycles. The molecule has 0 N–H and O–H groups in total. The summed E-state index contributed by atoms with van der Waals surface area (Å²) in [4.78, 5) is 14.1. The second-order valence-corrected chi connectivity index (χ2v) is 9.71. The molecule has 3 aromatic carbocycles. The van der Waals surface area contributed by atoms with Crippen LogP contribution in [0.25, 0.3) is 60.7 Å². The molecule has 0 atom stereocenters. The Hall–Kier alpha value is -4.57. The molecule has 4 aromatic heterocycles. The minimum Gasteiger partial charge on any atom is -0.290 e. The standard InChI is InChI=1S/C31H18N4/c1-2-5-21-17(4-1)12-19-15-24-20(14-23(19)21)13-18-7-8-22-29(28(18)24)25-16-32-11-9-26(25)35-27-6-3-10-33-30(27)34-31(22)35/h1-11,14-16H,12-13H2. The van der Waals surface area contributed by atoms with Crippen LogP contribution in [0.4, 0.5) is 0 Å². The smallest absolute Gasteiger partial charge is 0.178 e. The molecule has 4 nitrogen and oxygen atoms in total. The van der Waals surface area contributed by atoms with Gasteiger partial charge in [-0.05, 0) is 87.7 Å². The highest BCUT2D eigenvalue weighted by Gasteiger charge is 2.28. The van der Waals surface area contributed by atoms with Gasteiger partial charge < -0.3 is 0 Å². The van der Waals surface area contributed by atoms with Crippen molar-refractivity contribution in [2.45, 2.75) is 12.8 Å². The first-order valence-corrected chi connectivity index (χ1v) is 12.0. The van der Waals surface area contributed by atoms with Crippen LogP contribution in [-0.4, -0.2) is 19.4 Å². The number of imidazole rings is 1. The van der Waals surface area contributed by atoms with Gasteiger partial charge in [0, 0.05) is 34.7 Å². The van der Waals surface area contributed by atoms with E-state index in [9.17, 15) is 0 Å². The average molecular weight is 447 g/mol. The molecule has 0 fully saturated rings. The van der Waals surface area contributed by atoms with E-state index in [1.54, 1.807) is 0 Å². The Bertz CT molecular complexity index is 2070. The molecule has 2 aliphatic carbocycles. The van der Waals surface area contributed by atoms with E-state index >= 15 is 0 Å². The number of hydrogen-bond acceptors (Lipinski definition) is 3. The molecule has 0 radical (unpaired) electrons. The molecule has 2 aliphatic rings. The Kier molecular flexibility index (Phi) is 3.11. The Labute approximate surface area is 200 Å². The minimum atomic E-state index is 0.773. The number of nitrogens with zero attached hydrogens (tertiary/aromatic N) is 4. The Morgan fingerprint density at radius 2 is 1.54 bits per heavy atom. The van der Waals surface area contributed by atoms with Crippen LogP contribution in [0.1, 0.15) is 22.3 Å². The largest absolute Gasteiger partial charge is 0.290 e. The van der Waals surface area contributed by atoms with Gasteiger partial charge in [-0.3, -0.25) is 9.38 Å². The molecule has 0 bridgehead atoms. The fourth-order valence-corrected chi connectivity index (χ4v) is 6.49. The maximum Gasteiger partial charge on any atom is 0.178 e. The first kappa shape index (κ1) is 17.8. The number of hydrogen-bond donors (Lipinski definition) is 0. The Morgan fingerprint density at radius 1 is 0.657 bits per heavy atom. The molecule has 35 heavy (non-hydrogen) atoms. The number of aromatic nitrogens is 4. The second kappa shape index (κ2) is 6.10. The van der Waals surface area contributed by atoms with E-state index in [0.717, 1.165) is 45.9 Å². The SMILES string of the molecule is c1ccc2c(c1)Cc1cc3c(cc1-2)Cc1ccc2c(c1-3)c1cnccc1n1c3cccnc3nc21. The zero-order valence-electron chi connectivity index (χ0n) is 18.8. The summed E-state index contributed by atoms with van der Waals surface area (Å²) in [6.07, 6.45) is 7.66. The molecule has 0 unspecified atom stereocenters. The number of fused-ring (bicyclic) bond motifs is 15. The first-order chi connectivity index (χ1) is 17.3. The molecule has 0 spiro atoms. The van der Waals surface area contributed by atoms with Crippen LogP contribution in [-0.2, 0) is 12.8 Å². The van der Waals surface area contributed by atoms with Crippen LogP contribution in [0.2, 0.25) is 0 Å². The van der Waals surface area contributed by atoms with Crippen molar-refractivity contribution in [3.05, 3.63) is 108 Å². The van der Waals surface area contributed by atoms with Gasteiger partial charge in [-0.15, -0.1) is 0 Å². The summed E-state index contributed by atoms with van der Waals surface area (Å²) in [5.41, 5.74) is 15.0. The van der Waals surface area contributed by atoms with Crippen LogP contribution in [0.15, 0.2) is 85.3 Å². The topological polar surface area (TPSA) is 43.1 Å². The van der Waals surface area contributed by atoms with Crippen LogP contribution in [0, 0.1) is 0 Å². The third kappa shape index (κ3) is 2.15. The van der Waals surface area contributed by atoms with Gasteiger partial charge in [-0.25, -0.2) is 9.97 Å². The lowest BCUT2D eigenvalue weighted by Gasteiger charge is -2.13. The normalized spacial score (nSPS) is 13.5.